The van der Waals surface area contributed by atoms with Crippen LogP contribution in [0.1, 0.15) is 17.7 Å². The molecule has 37 heavy (non-hydrogen) atoms. The molecule has 1 heterocycles. The maximum Gasteiger partial charge on any atom is 0.312 e. The number of nitrogens with zero attached hydrogens (tertiary/aromatic N) is 1. The van der Waals surface area contributed by atoms with Gasteiger partial charge in [-0.3, -0.25) is 19.7 Å². The molecule has 0 unspecified atom stereocenters. The lowest BCUT2D eigenvalue weighted by Crippen LogP contribution is -2.27. The van der Waals surface area contributed by atoms with Crippen molar-refractivity contribution >= 4 is 32.6 Å². The quantitative estimate of drug-likeness (QED) is 0.156. The van der Waals surface area contributed by atoms with Gasteiger partial charge in [-0.1, -0.05) is 17.7 Å². The van der Waals surface area contributed by atoms with E-state index in [1.165, 1.54) is 54.6 Å². The molecule has 0 bridgehead atoms. The van der Waals surface area contributed by atoms with E-state index in [9.17, 15) is 28.1 Å². The molecule has 0 radical (unpaired) electrons. The first-order chi connectivity index (χ1) is 17.5. The summed E-state index contributed by atoms with van der Waals surface area (Å²) in [6.07, 6.45) is -0.217. The Balaban J connectivity index is 1.46. The van der Waals surface area contributed by atoms with E-state index in [0.717, 1.165) is 5.56 Å². The van der Waals surface area contributed by atoms with E-state index < -0.39 is 20.9 Å². The van der Waals surface area contributed by atoms with Crippen LogP contribution in [0.4, 0.5) is 5.69 Å². The first-order valence-electron chi connectivity index (χ1n) is 11.1. The van der Waals surface area contributed by atoms with Crippen molar-refractivity contribution < 1.29 is 27.3 Å². The summed E-state index contributed by atoms with van der Waals surface area (Å²) in [4.78, 5) is 35.8. The van der Waals surface area contributed by atoms with Gasteiger partial charge < -0.3 is 9.15 Å². The van der Waals surface area contributed by atoms with Gasteiger partial charge in [0.1, 0.15) is 17.1 Å². The van der Waals surface area contributed by atoms with E-state index in [-0.39, 0.29) is 51.3 Å². The number of esters is 1. The number of nitrogens with one attached hydrogen (secondary N) is 1. The zero-order chi connectivity index (χ0) is 26.7. The Morgan fingerprint density at radius 3 is 2.35 bits per heavy atom. The number of aryl methyl sites for hydroxylation is 2. The SMILES string of the molecule is Cc1ccc(S(=O)(=O)NCCC(=O)Oc2ccc3c(=O)c(-c4ccc([N+](=O)[O-])cc4)c(C)oc3c2)cc1. The highest BCUT2D eigenvalue weighted by atomic mass is 32.2. The van der Waals surface area contributed by atoms with E-state index in [1.54, 1.807) is 19.1 Å². The van der Waals surface area contributed by atoms with Gasteiger partial charge in [0.05, 0.1) is 27.2 Å². The number of hydrogen-bond acceptors (Lipinski definition) is 8. The molecule has 0 saturated heterocycles. The van der Waals surface area contributed by atoms with Gasteiger partial charge in [0.15, 0.2) is 0 Å². The molecule has 3 aromatic carbocycles. The van der Waals surface area contributed by atoms with E-state index in [0.29, 0.717) is 11.3 Å². The van der Waals surface area contributed by atoms with Crippen LogP contribution in [0.15, 0.2) is 80.8 Å². The molecular formula is C26H22N2O8S. The largest absolute Gasteiger partial charge is 0.460 e. The molecular weight excluding hydrogens is 500 g/mol. The molecule has 0 aliphatic rings. The fourth-order valence-corrected chi connectivity index (χ4v) is 4.74. The van der Waals surface area contributed by atoms with Crippen LogP contribution in [0.25, 0.3) is 22.1 Å². The molecule has 0 aliphatic heterocycles. The highest BCUT2D eigenvalue weighted by Gasteiger charge is 2.17. The molecule has 190 valence electrons. The number of nitro groups is 1. The zero-order valence-corrected chi connectivity index (χ0v) is 20.7. The predicted octanol–water partition coefficient (Wildman–Crippen LogP) is 4.26. The van der Waals surface area contributed by atoms with E-state index in [4.69, 9.17) is 9.15 Å². The van der Waals surface area contributed by atoms with Crippen LogP contribution in [-0.4, -0.2) is 25.9 Å². The minimum atomic E-state index is -3.76. The maximum atomic E-state index is 13.1. The van der Waals surface area contributed by atoms with Crippen LogP contribution in [0.5, 0.6) is 5.75 Å². The second kappa shape index (κ2) is 10.3. The molecule has 11 heteroatoms. The van der Waals surface area contributed by atoms with Gasteiger partial charge in [-0.25, -0.2) is 13.1 Å². The van der Waals surface area contributed by atoms with Crippen LogP contribution in [0.3, 0.4) is 0 Å². The van der Waals surface area contributed by atoms with E-state index in [1.807, 2.05) is 6.92 Å². The minimum Gasteiger partial charge on any atom is -0.460 e. The number of carbonyl (C=O) groups excluding carboxylic acids is 1. The first-order valence-corrected chi connectivity index (χ1v) is 12.6. The summed E-state index contributed by atoms with van der Waals surface area (Å²) in [7, 11) is -3.76. The highest BCUT2D eigenvalue weighted by Crippen LogP contribution is 2.27. The number of sulfonamides is 1. The number of hydrogen-bond donors (Lipinski definition) is 1. The predicted molar refractivity (Wildman–Crippen MR) is 136 cm³/mol. The molecule has 0 spiro atoms. The summed E-state index contributed by atoms with van der Waals surface area (Å²) < 4.78 is 38.1. The fourth-order valence-electron chi connectivity index (χ4n) is 3.70. The number of carbonyl (C=O) groups is 1. The van der Waals surface area contributed by atoms with Crippen LogP contribution in [0, 0.1) is 24.0 Å². The van der Waals surface area contributed by atoms with E-state index >= 15 is 0 Å². The standard InChI is InChI=1S/C26H22N2O8S/c1-16-3-10-21(11-4-16)37(33,34)27-14-13-24(29)36-20-9-12-22-23(15-20)35-17(2)25(26(22)30)18-5-7-19(8-6-18)28(31)32/h3-12,15,27H,13-14H2,1-2H3. The molecule has 0 atom stereocenters. The lowest BCUT2D eigenvalue weighted by Gasteiger charge is -2.09. The Hall–Kier alpha value is -4.35. The summed E-state index contributed by atoms with van der Waals surface area (Å²) in [5.74, 6) is -0.252. The van der Waals surface area contributed by atoms with Crippen molar-refractivity contribution in [2.45, 2.75) is 25.2 Å². The van der Waals surface area contributed by atoms with Crippen molar-refractivity contribution in [3.05, 3.63) is 98.4 Å². The Bertz CT molecular complexity index is 1660. The monoisotopic (exact) mass is 522 g/mol. The van der Waals surface area contributed by atoms with Crippen LogP contribution >= 0.6 is 0 Å². The molecule has 4 aromatic rings. The Labute approximate surface area is 211 Å². The molecule has 1 N–H and O–H groups in total. The number of fused-ring (bicyclic) bond motifs is 1. The van der Waals surface area contributed by atoms with Gasteiger partial charge in [0.2, 0.25) is 15.5 Å². The molecule has 0 saturated carbocycles. The number of rotatable bonds is 8. The number of ether oxygens (including phenoxy) is 1. The normalized spacial score (nSPS) is 11.4. The van der Waals surface area contributed by atoms with Crippen LogP contribution < -0.4 is 14.9 Å². The highest BCUT2D eigenvalue weighted by molar-refractivity contribution is 7.89. The summed E-state index contributed by atoms with van der Waals surface area (Å²) >= 11 is 0. The molecule has 0 fully saturated rings. The number of non-ortho nitro benzene ring substituents is 1. The average Bonchev–Trinajstić information content (AvgIpc) is 2.84. The second-order valence-electron chi connectivity index (χ2n) is 8.26. The van der Waals surface area contributed by atoms with Crippen molar-refractivity contribution in [1.82, 2.24) is 4.72 Å². The smallest absolute Gasteiger partial charge is 0.312 e. The van der Waals surface area contributed by atoms with Gasteiger partial charge in [-0.2, -0.15) is 0 Å². The first kappa shape index (κ1) is 25.7. The number of nitro benzene ring substituents is 1. The van der Waals surface area contributed by atoms with Crippen molar-refractivity contribution in [3.8, 4) is 16.9 Å². The molecule has 4 rings (SSSR count). The van der Waals surface area contributed by atoms with Crippen molar-refractivity contribution in [2.24, 2.45) is 0 Å². The third-order valence-electron chi connectivity index (χ3n) is 5.59. The fraction of sp³-hybridized carbons (Fsp3) is 0.154. The van der Waals surface area contributed by atoms with Crippen LogP contribution in [0.2, 0.25) is 0 Å². The molecule has 0 aliphatic carbocycles. The zero-order valence-electron chi connectivity index (χ0n) is 19.9. The Morgan fingerprint density at radius 2 is 1.70 bits per heavy atom. The van der Waals surface area contributed by atoms with Crippen molar-refractivity contribution in [2.75, 3.05) is 6.54 Å². The van der Waals surface area contributed by atoms with Crippen molar-refractivity contribution in [3.63, 3.8) is 0 Å². The second-order valence-corrected chi connectivity index (χ2v) is 10.0. The van der Waals surface area contributed by atoms with Gasteiger partial charge in [-0.15, -0.1) is 0 Å². The minimum absolute atomic E-state index is 0.0963. The van der Waals surface area contributed by atoms with Crippen molar-refractivity contribution in [1.29, 1.82) is 0 Å². The van der Waals surface area contributed by atoms with Gasteiger partial charge >= 0.3 is 5.97 Å². The van der Waals surface area contributed by atoms with Crippen LogP contribution in [-0.2, 0) is 14.8 Å². The lowest BCUT2D eigenvalue weighted by atomic mass is 10.0. The number of benzene rings is 3. The summed E-state index contributed by atoms with van der Waals surface area (Å²) in [6.45, 7) is 3.28. The molecule has 10 nitrogen and oxygen atoms in total. The van der Waals surface area contributed by atoms with E-state index in [2.05, 4.69) is 4.72 Å². The van der Waals surface area contributed by atoms with Gasteiger partial charge in [0.25, 0.3) is 5.69 Å². The van der Waals surface area contributed by atoms with Gasteiger partial charge in [0, 0.05) is 24.7 Å². The average molecular weight is 523 g/mol. The summed E-state index contributed by atoms with van der Waals surface area (Å²) in [5.41, 5.74) is 1.43. The van der Waals surface area contributed by atoms with Gasteiger partial charge in [-0.05, 0) is 55.8 Å². The third kappa shape index (κ3) is 5.74. The molecule has 0 amide bonds. The molecule has 1 aromatic heterocycles. The summed E-state index contributed by atoms with van der Waals surface area (Å²) in [5, 5.41) is 11.1. The third-order valence-corrected chi connectivity index (χ3v) is 7.07. The topological polar surface area (TPSA) is 146 Å². The summed E-state index contributed by atoms with van der Waals surface area (Å²) in [6, 6.07) is 16.2. The lowest BCUT2D eigenvalue weighted by molar-refractivity contribution is -0.384. The Morgan fingerprint density at radius 1 is 1.03 bits per heavy atom. The maximum absolute atomic E-state index is 13.1. The Kier molecular flexibility index (Phi) is 7.18.